The lowest BCUT2D eigenvalue weighted by molar-refractivity contribution is 0.171. The quantitative estimate of drug-likeness (QED) is 0.743. The number of rotatable bonds is 8. The summed E-state index contributed by atoms with van der Waals surface area (Å²) in [6.45, 7) is 3.58. The number of benzene rings is 1. The molecule has 108 valence electrons. The zero-order valence-corrected chi connectivity index (χ0v) is 13.1. The van der Waals surface area contributed by atoms with Crippen LogP contribution in [0.25, 0.3) is 0 Å². The second-order valence-corrected chi connectivity index (χ2v) is 5.10. The van der Waals surface area contributed by atoms with Gasteiger partial charge in [0.25, 0.3) is 0 Å². The minimum atomic E-state index is 0.313. The van der Waals surface area contributed by atoms with E-state index >= 15 is 0 Å². The maximum absolute atomic E-state index is 5.34. The standard InChI is InChI=1S/C14H23NO3S/c1-10(9-16-2)15-8-11-6-12(17-3)13(18-4)7-14(11)19-5/h6-7,10,15H,8-9H2,1-5H3. The molecule has 0 saturated carbocycles. The maximum Gasteiger partial charge on any atom is 0.161 e. The van der Waals surface area contributed by atoms with Crippen LogP contribution < -0.4 is 14.8 Å². The lowest BCUT2D eigenvalue weighted by Gasteiger charge is -2.17. The molecule has 0 fully saturated rings. The zero-order valence-electron chi connectivity index (χ0n) is 12.3. The minimum Gasteiger partial charge on any atom is -0.493 e. The Morgan fingerprint density at radius 3 is 2.32 bits per heavy atom. The van der Waals surface area contributed by atoms with Crippen LogP contribution in [0.2, 0.25) is 0 Å². The smallest absolute Gasteiger partial charge is 0.161 e. The summed E-state index contributed by atoms with van der Waals surface area (Å²) in [4.78, 5) is 1.19. The first-order valence-corrected chi connectivity index (χ1v) is 7.39. The molecule has 0 radical (unpaired) electrons. The predicted molar refractivity (Wildman–Crippen MR) is 79.5 cm³/mol. The van der Waals surface area contributed by atoms with Crippen molar-refractivity contribution in [3.63, 3.8) is 0 Å². The summed E-state index contributed by atoms with van der Waals surface area (Å²) >= 11 is 1.70. The number of ether oxygens (including phenoxy) is 3. The van der Waals surface area contributed by atoms with Crippen molar-refractivity contribution >= 4 is 11.8 Å². The Balaban J connectivity index is 2.86. The van der Waals surface area contributed by atoms with Gasteiger partial charge in [0.2, 0.25) is 0 Å². The van der Waals surface area contributed by atoms with Crippen LogP contribution in [-0.2, 0) is 11.3 Å². The fraction of sp³-hybridized carbons (Fsp3) is 0.571. The van der Waals surface area contributed by atoms with Crippen LogP contribution in [0, 0.1) is 0 Å². The molecule has 0 saturated heterocycles. The second-order valence-electron chi connectivity index (χ2n) is 4.26. The molecule has 5 heteroatoms. The van der Waals surface area contributed by atoms with Crippen LogP contribution >= 0.6 is 11.8 Å². The molecule has 0 spiro atoms. The van der Waals surface area contributed by atoms with Crippen molar-refractivity contribution in [2.24, 2.45) is 0 Å². The van der Waals surface area contributed by atoms with Gasteiger partial charge in [-0.25, -0.2) is 0 Å². The first-order valence-electron chi connectivity index (χ1n) is 6.17. The largest absolute Gasteiger partial charge is 0.493 e. The summed E-state index contributed by atoms with van der Waals surface area (Å²) in [5.41, 5.74) is 1.20. The van der Waals surface area contributed by atoms with Gasteiger partial charge in [-0.05, 0) is 30.9 Å². The summed E-state index contributed by atoms with van der Waals surface area (Å²) in [6.07, 6.45) is 2.06. The summed E-state index contributed by atoms with van der Waals surface area (Å²) in [7, 11) is 5.02. The Morgan fingerprint density at radius 1 is 1.16 bits per heavy atom. The second kappa shape index (κ2) is 8.30. The molecular formula is C14H23NO3S. The molecule has 1 atom stereocenters. The molecule has 4 nitrogen and oxygen atoms in total. The first kappa shape index (κ1) is 16.1. The van der Waals surface area contributed by atoms with Crippen LogP contribution in [0.15, 0.2) is 17.0 Å². The highest BCUT2D eigenvalue weighted by Crippen LogP contribution is 2.34. The minimum absolute atomic E-state index is 0.313. The molecule has 0 aliphatic heterocycles. The normalized spacial score (nSPS) is 12.3. The van der Waals surface area contributed by atoms with Gasteiger partial charge in [0, 0.05) is 24.6 Å². The van der Waals surface area contributed by atoms with E-state index in [1.165, 1.54) is 10.5 Å². The molecule has 1 rings (SSSR count). The van der Waals surface area contributed by atoms with E-state index in [0.29, 0.717) is 12.6 Å². The maximum atomic E-state index is 5.34. The highest BCUT2D eigenvalue weighted by molar-refractivity contribution is 7.98. The van der Waals surface area contributed by atoms with Gasteiger partial charge < -0.3 is 19.5 Å². The molecule has 1 aromatic rings. The van der Waals surface area contributed by atoms with Gasteiger partial charge in [-0.15, -0.1) is 11.8 Å². The van der Waals surface area contributed by atoms with Gasteiger partial charge in [-0.3, -0.25) is 0 Å². The fourth-order valence-electron chi connectivity index (χ4n) is 1.82. The van der Waals surface area contributed by atoms with Crippen molar-refractivity contribution in [2.75, 3.05) is 34.2 Å². The fourth-order valence-corrected chi connectivity index (χ4v) is 2.44. The predicted octanol–water partition coefficient (Wildman–Crippen LogP) is 2.55. The van der Waals surface area contributed by atoms with E-state index in [9.17, 15) is 0 Å². The van der Waals surface area contributed by atoms with Crippen LogP contribution in [0.3, 0.4) is 0 Å². The molecule has 1 unspecified atom stereocenters. The first-order chi connectivity index (χ1) is 9.15. The van der Waals surface area contributed by atoms with Crippen molar-refractivity contribution in [3.8, 4) is 11.5 Å². The lowest BCUT2D eigenvalue weighted by atomic mass is 10.2. The summed E-state index contributed by atoms with van der Waals surface area (Å²) < 4.78 is 15.8. The van der Waals surface area contributed by atoms with E-state index in [1.807, 2.05) is 12.1 Å². The molecule has 0 heterocycles. The molecular weight excluding hydrogens is 262 g/mol. The van der Waals surface area contributed by atoms with Crippen molar-refractivity contribution in [1.82, 2.24) is 5.32 Å². The Bertz CT molecular complexity index is 399. The Hall–Kier alpha value is -0.910. The van der Waals surface area contributed by atoms with E-state index in [0.717, 1.165) is 18.0 Å². The summed E-state index contributed by atoms with van der Waals surface area (Å²) in [6, 6.07) is 4.35. The van der Waals surface area contributed by atoms with Crippen LogP contribution in [0.5, 0.6) is 11.5 Å². The molecule has 0 amide bonds. The highest BCUT2D eigenvalue weighted by atomic mass is 32.2. The third kappa shape index (κ3) is 4.60. The third-order valence-electron chi connectivity index (χ3n) is 2.84. The number of nitrogens with one attached hydrogen (secondary N) is 1. The molecule has 0 aromatic heterocycles. The zero-order chi connectivity index (χ0) is 14.3. The van der Waals surface area contributed by atoms with Crippen LogP contribution in [0.4, 0.5) is 0 Å². The van der Waals surface area contributed by atoms with Gasteiger partial charge in [-0.2, -0.15) is 0 Å². The van der Waals surface area contributed by atoms with Crippen LogP contribution in [-0.4, -0.2) is 40.2 Å². The molecule has 1 N–H and O–H groups in total. The molecule has 19 heavy (non-hydrogen) atoms. The van der Waals surface area contributed by atoms with Gasteiger partial charge in [-0.1, -0.05) is 0 Å². The van der Waals surface area contributed by atoms with Crippen molar-refractivity contribution in [1.29, 1.82) is 0 Å². The highest BCUT2D eigenvalue weighted by Gasteiger charge is 2.11. The molecule has 0 aliphatic carbocycles. The SMILES string of the molecule is COCC(C)NCc1cc(OC)c(OC)cc1SC. The van der Waals surface area contributed by atoms with E-state index in [1.54, 1.807) is 33.1 Å². The molecule has 0 bridgehead atoms. The third-order valence-corrected chi connectivity index (χ3v) is 3.66. The topological polar surface area (TPSA) is 39.7 Å². The van der Waals surface area contributed by atoms with Gasteiger partial charge in [0.1, 0.15) is 0 Å². The lowest BCUT2D eigenvalue weighted by Crippen LogP contribution is -2.29. The van der Waals surface area contributed by atoms with Gasteiger partial charge in [0.05, 0.1) is 20.8 Å². The average molecular weight is 285 g/mol. The number of methoxy groups -OCH3 is 3. The molecule has 1 aromatic carbocycles. The van der Waals surface area contributed by atoms with E-state index in [4.69, 9.17) is 14.2 Å². The van der Waals surface area contributed by atoms with Crippen molar-refractivity contribution in [2.45, 2.75) is 24.4 Å². The van der Waals surface area contributed by atoms with E-state index in [-0.39, 0.29) is 0 Å². The van der Waals surface area contributed by atoms with E-state index < -0.39 is 0 Å². The Morgan fingerprint density at radius 2 is 1.79 bits per heavy atom. The van der Waals surface area contributed by atoms with Gasteiger partial charge in [0.15, 0.2) is 11.5 Å². The number of thioether (sulfide) groups is 1. The monoisotopic (exact) mass is 285 g/mol. The average Bonchev–Trinajstić information content (AvgIpc) is 2.44. The van der Waals surface area contributed by atoms with E-state index in [2.05, 4.69) is 18.5 Å². The van der Waals surface area contributed by atoms with Crippen LogP contribution in [0.1, 0.15) is 12.5 Å². The molecule has 0 aliphatic rings. The Kier molecular flexibility index (Phi) is 7.05. The Labute approximate surface area is 119 Å². The number of hydrogen-bond donors (Lipinski definition) is 1. The van der Waals surface area contributed by atoms with Gasteiger partial charge >= 0.3 is 0 Å². The summed E-state index contributed by atoms with van der Waals surface area (Å²) in [5, 5.41) is 3.43. The number of hydrogen-bond acceptors (Lipinski definition) is 5. The van der Waals surface area contributed by atoms with Crippen molar-refractivity contribution < 1.29 is 14.2 Å². The summed E-state index contributed by atoms with van der Waals surface area (Å²) in [5.74, 6) is 1.53. The van der Waals surface area contributed by atoms with Crippen molar-refractivity contribution in [3.05, 3.63) is 17.7 Å².